The molecule has 164 valence electrons. The summed E-state index contributed by atoms with van der Waals surface area (Å²) < 4.78 is 0. The van der Waals surface area contributed by atoms with Crippen LogP contribution in [-0.4, -0.2) is 48.0 Å². The fourth-order valence-electron chi connectivity index (χ4n) is 3.76. The van der Waals surface area contributed by atoms with Crippen LogP contribution in [0.25, 0.3) is 0 Å². The first-order valence-corrected chi connectivity index (χ1v) is 10.9. The Morgan fingerprint density at radius 3 is 1.78 bits per heavy atom. The third-order valence-corrected chi connectivity index (χ3v) is 5.62. The van der Waals surface area contributed by atoms with Gasteiger partial charge in [-0.3, -0.25) is 4.90 Å². The SMILES string of the molecule is Cc1ccc(CNC(=O)N2CCN(C(=O)N(c3ccccc3)c3ccccc3)CC2)cc1. The Labute approximate surface area is 189 Å². The van der Waals surface area contributed by atoms with Crippen LogP contribution < -0.4 is 10.2 Å². The van der Waals surface area contributed by atoms with E-state index in [1.165, 1.54) is 5.56 Å². The smallest absolute Gasteiger partial charge is 0.329 e. The number of carbonyl (C=O) groups is 2. The molecule has 1 aliphatic heterocycles. The van der Waals surface area contributed by atoms with E-state index in [2.05, 4.69) is 5.32 Å². The quantitative estimate of drug-likeness (QED) is 0.650. The van der Waals surface area contributed by atoms with Gasteiger partial charge in [-0.15, -0.1) is 0 Å². The minimum Gasteiger partial charge on any atom is -0.334 e. The Kier molecular flexibility index (Phi) is 6.70. The third kappa shape index (κ3) is 5.09. The number of aryl methyl sites for hydroxylation is 1. The number of rotatable bonds is 4. The Balaban J connectivity index is 1.37. The van der Waals surface area contributed by atoms with Gasteiger partial charge >= 0.3 is 12.1 Å². The molecule has 0 saturated carbocycles. The predicted molar refractivity (Wildman–Crippen MR) is 127 cm³/mol. The molecule has 0 aromatic heterocycles. The number of amides is 4. The van der Waals surface area contributed by atoms with Crippen LogP contribution in [-0.2, 0) is 6.54 Å². The van der Waals surface area contributed by atoms with Crippen LogP contribution in [0, 0.1) is 6.92 Å². The molecule has 4 rings (SSSR count). The zero-order chi connectivity index (χ0) is 22.3. The first kappa shape index (κ1) is 21.4. The lowest BCUT2D eigenvalue weighted by atomic mass is 10.1. The number of hydrogen-bond acceptors (Lipinski definition) is 2. The fraction of sp³-hybridized carbons (Fsp3) is 0.231. The topological polar surface area (TPSA) is 55.9 Å². The maximum atomic E-state index is 13.4. The highest BCUT2D eigenvalue weighted by Gasteiger charge is 2.28. The van der Waals surface area contributed by atoms with Gasteiger partial charge in [0.05, 0.1) is 11.4 Å². The molecule has 1 N–H and O–H groups in total. The molecule has 6 heteroatoms. The molecule has 4 amide bonds. The van der Waals surface area contributed by atoms with Crippen molar-refractivity contribution in [2.75, 3.05) is 31.1 Å². The third-order valence-electron chi connectivity index (χ3n) is 5.62. The number of benzene rings is 3. The molecular formula is C26H28N4O2. The highest BCUT2D eigenvalue weighted by molar-refractivity contribution is 5.99. The molecule has 1 aliphatic rings. The number of hydrogen-bond donors (Lipinski definition) is 1. The summed E-state index contributed by atoms with van der Waals surface area (Å²) in [7, 11) is 0. The molecular weight excluding hydrogens is 400 g/mol. The minimum absolute atomic E-state index is 0.0814. The molecule has 0 unspecified atom stereocenters. The summed E-state index contributed by atoms with van der Waals surface area (Å²) in [6, 6.07) is 27.2. The summed E-state index contributed by atoms with van der Waals surface area (Å²) in [4.78, 5) is 31.3. The summed E-state index contributed by atoms with van der Waals surface area (Å²) in [5.74, 6) is 0. The molecule has 0 aliphatic carbocycles. The van der Waals surface area contributed by atoms with Gasteiger partial charge in [-0.25, -0.2) is 9.59 Å². The van der Waals surface area contributed by atoms with Crippen LogP contribution in [0.15, 0.2) is 84.9 Å². The van der Waals surface area contributed by atoms with Crippen molar-refractivity contribution in [1.29, 1.82) is 0 Å². The largest absolute Gasteiger partial charge is 0.334 e. The second-order valence-electron chi connectivity index (χ2n) is 7.91. The Hall–Kier alpha value is -3.80. The monoisotopic (exact) mass is 428 g/mol. The second-order valence-corrected chi connectivity index (χ2v) is 7.91. The molecule has 0 atom stereocenters. The molecule has 6 nitrogen and oxygen atoms in total. The number of carbonyl (C=O) groups excluding carboxylic acids is 2. The Morgan fingerprint density at radius 1 is 0.750 bits per heavy atom. The maximum absolute atomic E-state index is 13.4. The van der Waals surface area contributed by atoms with Crippen molar-refractivity contribution < 1.29 is 9.59 Å². The molecule has 0 radical (unpaired) electrons. The Morgan fingerprint density at radius 2 is 1.25 bits per heavy atom. The summed E-state index contributed by atoms with van der Waals surface area (Å²) in [6.07, 6.45) is 0. The molecule has 32 heavy (non-hydrogen) atoms. The normalized spacial score (nSPS) is 13.5. The van der Waals surface area contributed by atoms with E-state index >= 15 is 0 Å². The molecule has 1 heterocycles. The predicted octanol–water partition coefficient (Wildman–Crippen LogP) is 4.78. The van der Waals surface area contributed by atoms with Crippen LogP contribution in [0.4, 0.5) is 21.0 Å². The van der Waals surface area contributed by atoms with Crippen molar-refractivity contribution in [3.05, 3.63) is 96.1 Å². The van der Waals surface area contributed by atoms with Gasteiger partial charge < -0.3 is 15.1 Å². The Bertz CT molecular complexity index is 991. The number of nitrogens with one attached hydrogen (secondary N) is 1. The van der Waals surface area contributed by atoms with Crippen LogP contribution in [0.1, 0.15) is 11.1 Å². The molecule has 0 spiro atoms. The molecule has 0 bridgehead atoms. The molecule has 1 saturated heterocycles. The lowest BCUT2D eigenvalue weighted by Crippen LogP contribution is -2.55. The van der Waals surface area contributed by atoms with Gasteiger partial charge in [0, 0.05) is 32.7 Å². The van der Waals surface area contributed by atoms with Crippen LogP contribution in [0.5, 0.6) is 0 Å². The highest BCUT2D eigenvalue weighted by Crippen LogP contribution is 2.26. The lowest BCUT2D eigenvalue weighted by Gasteiger charge is -2.37. The maximum Gasteiger partial charge on any atom is 0.329 e. The average molecular weight is 429 g/mol. The van der Waals surface area contributed by atoms with Crippen LogP contribution >= 0.6 is 0 Å². The van der Waals surface area contributed by atoms with Gasteiger partial charge in [0.25, 0.3) is 0 Å². The highest BCUT2D eigenvalue weighted by atomic mass is 16.2. The second kappa shape index (κ2) is 10.0. The van der Waals surface area contributed by atoms with Crippen LogP contribution in [0.3, 0.4) is 0 Å². The molecule has 3 aromatic rings. The summed E-state index contributed by atoms with van der Waals surface area (Å²) in [5.41, 5.74) is 3.91. The van der Waals surface area contributed by atoms with Gasteiger partial charge in [0.2, 0.25) is 0 Å². The van der Waals surface area contributed by atoms with E-state index in [0.717, 1.165) is 16.9 Å². The van der Waals surface area contributed by atoms with E-state index in [-0.39, 0.29) is 12.1 Å². The van der Waals surface area contributed by atoms with Gasteiger partial charge in [-0.1, -0.05) is 66.2 Å². The fourth-order valence-corrected chi connectivity index (χ4v) is 3.76. The number of piperazine rings is 1. The summed E-state index contributed by atoms with van der Waals surface area (Å²) >= 11 is 0. The standard InChI is InChI=1S/C26H28N4O2/c1-21-12-14-22(15-13-21)20-27-25(31)28-16-18-29(19-17-28)26(32)30(23-8-4-2-5-9-23)24-10-6-3-7-11-24/h2-15H,16-20H2,1H3,(H,27,31). The van der Waals surface area contributed by atoms with Crippen LogP contribution in [0.2, 0.25) is 0 Å². The van der Waals surface area contributed by atoms with Crippen molar-refractivity contribution in [2.45, 2.75) is 13.5 Å². The van der Waals surface area contributed by atoms with Crippen molar-refractivity contribution in [3.63, 3.8) is 0 Å². The lowest BCUT2D eigenvalue weighted by molar-refractivity contribution is 0.147. The summed E-state index contributed by atoms with van der Waals surface area (Å²) in [6.45, 7) is 4.53. The van der Waals surface area contributed by atoms with Gasteiger partial charge in [-0.2, -0.15) is 0 Å². The number of nitrogens with zero attached hydrogens (tertiary/aromatic N) is 3. The number of urea groups is 2. The average Bonchev–Trinajstić information content (AvgIpc) is 2.85. The van der Waals surface area contributed by atoms with E-state index in [4.69, 9.17) is 0 Å². The number of para-hydroxylation sites is 2. The van der Waals surface area contributed by atoms with Gasteiger partial charge in [0.15, 0.2) is 0 Å². The molecule has 1 fully saturated rings. The van der Waals surface area contributed by atoms with Gasteiger partial charge in [0.1, 0.15) is 0 Å². The van der Waals surface area contributed by atoms with Crippen molar-refractivity contribution in [2.24, 2.45) is 0 Å². The first-order valence-electron chi connectivity index (χ1n) is 10.9. The van der Waals surface area contributed by atoms with E-state index in [9.17, 15) is 9.59 Å². The first-order chi connectivity index (χ1) is 15.6. The van der Waals surface area contributed by atoms with E-state index in [1.807, 2.05) is 96.8 Å². The zero-order valence-electron chi connectivity index (χ0n) is 18.3. The zero-order valence-corrected chi connectivity index (χ0v) is 18.3. The summed E-state index contributed by atoms with van der Waals surface area (Å²) in [5, 5.41) is 2.98. The van der Waals surface area contributed by atoms with Crippen molar-refractivity contribution >= 4 is 23.4 Å². The van der Waals surface area contributed by atoms with Crippen molar-refractivity contribution in [1.82, 2.24) is 15.1 Å². The van der Waals surface area contributed by atoms with E-state index in [1.54, 1.807) is 9.80 Å². The minimum atomic E-state index is -0.0966. The molecule has 3 aromatic carbocycles. The number of anilines is 2. The van der Waals surface area contributed by atoms with E-state index in [0.29, 0.717) is 32.7 Å². The van der Waals surface area contributed by atoms with Crippen molar-refractivity contribution in [3.8, 4) is 0 Å². The van der Waals surface area contributed by atoms with E-state index < -0.39 is 0 Å². The van der Waals surface area contributed by atoms with Gasteiger partial charge in [-0.05, 0) is 36.8 Å².